The first-order valence-corrected chi connectivity index (χ1v) is 7.23. The van der Waals surface area contributed by atoms with E-state index in [0.29, 0.717) is 0 Å². The Hall–Kier alpha value is -0.970. The summed E-state index contributed by atoms with van der Waals surface area (Å²) in [6, 6.07) is 6.98. The molecule has 0 aliphatic carbocycles. The van der Waals surface area contributed by atoms with Crippen molar-refractivity contribution in [1.29, 1.82) is 0 Å². The number of morpholine rings is 1. The average molecular weight is 280 g/mol. The fraction of sp³-hybridized carbons (Fsp3) is 0.625. The molecule has 1 heterocycles. The zero-order valence-corrected chi connectivity index (χ0v) is 12.8. The minimum atomic E-state index is -0.148. The zero-order chi connectivity index (χ0) is 14.8. The Morgan fingerprint density at radius 3 is 2.75 bits per heavy atom. The molecule has 20 heavy (non-hydrogen) atoms. The summed E-state index contributed by atoms with van der Waals surface area (Å²) < 4.78 is 19.8. The lowest BCUT2D eigenvalue weighted by molar-refractivity contribution is -0.129. The first-order chi connectivity index (χ1) is 9.41. The third kappa shape index (κ3) is 3.78. The van der Waals surface area contributed by atoms with Crippen LogP contribution < -0.4 is 5.32 Å². The fourth-order valence-electron chi connectivity index (χ4n) is 3.09. The summed E-state index contributed by atoms with van der Waals surface area (Å²) in [4.78, 5) is 2.35. The van der Waals surface area contributed by atoms with Crippen LogP contribution in [0, 0.1) is 5.82 Å². The van der Waals surface area contributed by atoms with Crippen molar-refractivity contribution in [2.75, 3.05) is 26.7 Å². The Labute approximate surface area is 121 Å². The largest absolute Gasteiger partial charge is 0.370 e. The molecule has 2 atom stereocenters. The standard InChI is InChI=1S/C16H25FN2O/c1-12-9-19(11-16(2,3)20-12)10-15(18-4)13-7-5-6-8-14(13)17/h5-8,12,15,18H,9-11H2,1-4H3. The maximum Gasteiger partial charge on any atom is 0.128 e. The van der Waals surface area contributed by atoms with Gasteiger partial charge in [-0.3, -0.25) is 4.90 Å². The van der Waals surface area contributed by atoms with Crippen molar-refractivity contribution in [1.82, 2.24) is 10.2 Å². The molecule has 1 fully saturated rings. The topological polar surface area (TPSA) is 24.5 Å². The average Bonchev–Trinajstić information content (AvgIpc) is 2.34. The van der Waals surface area contributed by atoms with Crippen molar-refractivity contribution < 1.29 is 9.13 Å². The number of rotatable bonds is 4. The second kappa shape index (κ2) is 6.20. The van der Waals surface area contributed by atoms with Crippen molar-refractivity contribution >= 4 is 0 Å². The summed E-state index contributed by atoms with van der Waals surface area (Å²) >= 11 is 0. The smallest absolute Gasteiger partial charge is 0.128 e. The van der Waals surface area contributed by atoms with Crippen LogP contribution in [0.2, 0.25) is 0 Å². The van der Waals surface area contributed by atoms with E-state index in [4.69, 9.17) is 4.74 Å². The summed E-state index contributed by atoms with van der Waals surface area (Å²) in [5, 5.41) is 3.23. The summed E-state index contributed by atoms with van der Waals surface area (Å²) in [5.74, 6) is -0.146. The Balaban J connectivity index is 2.09. The van der Waals surface area contributed by atoms with Crippen LogP contribution in [-0.4, -0.2) is 43.3 Å². The van der Waals surface area contributed by atoms with E-state index < -0.39 is 0 Å². The number of halogens is 1. The van der Waals surface area contributed by atoms with Crippen LogP contribution in [0.1, 0.15) is 32.4 Å². The molecule has 1 aliphatic rings. The van der Waals surface area contributed by atoms with E-state index in [1.165, 1.54) is 6.07 Å². The molecule has 1 aromatic rings. The minimum absolute atomic E-state index is 0.00250. The van der Waals surface area contributed by atoms with Crippen LogP contribution in [0.15, 0.2) is 24.3 Å². The third-order valence-corrected chi connectivity index (χ3v) is 3.71. The van der Waals surface area contributed by atoms with Gasteiger partial charge in [-0.2, -0.15) is 0 Å². The first-order valence-electron chi connectivity index (χ1n) is 7.23. The van der Waals surface area contributed by atoms with Crippen molar-refractivity contribution in [3.8, 4) is 0 Å². The quantitative estimate of drug-likeness (QED) is 0.917. The van der Waals surface area contributed by atoms with Crippen LogP contribution in [0.5, 0.6) is 0 Å². The summed E-state index contributed by atoms with van der Waals surface area (Å²) in [6.07, 6.45) is 0.205. The molecule has 0 spiro atoms. The molecule has 1 aromatic carbocycles. The molecule has 1 aliphatic heterocycles. The highest BCUT2D eigenvalue weighted by Gasteiger charge is 2.32. The lowest BCUT2D eigenvalue weighted by Gasteiger charge is -2.43. The van der Waals surface area contributed by atoms with Gasteiger partial charge in [0.15, 0.2) is 0 Å². The molecule has 2 rings (SSSR count). The van der Waals surface area contributed by atoms with Crippen molar-refractivity contribution in [2.24, 2.45) is 0 Å². The first kappa shape index (κ1) is 15.4. The number of ether oxygens (including phenoxy) is 1. The normalized spacial score (nSPS) is 24.6. The van der Waals surface area contributed by atoms with Crippen LogP contribution in [0.4, 0.5) is 4.39 Å². The molecule has 0 radical (unpaired) electrons. The molecule has 0 amide bonds. The van der Waals surface area contributed by atoms with E-state index in [0.717, 1.165) is 25.2 Å². The highest BCUT2D eigenvalue weighted by Crippen LogP contribution is 2.24. The van der Waals surface area contributed by atoms with Gasteiger partial charge in [0.25, 0.3) is 0 Å². The van der Waals surface area contributed by atoms with Gasteiger partial charge in [0, 0.05) is 31.2 Å². The summed E-state index contributed by atoms with van der Waals surface area (Å²) in [5.41, 5.74) is 0.581. The Morgan fingerprint density at radius 1 is 1.45 bits per heavy atom. The highest BCUT2D eigenvalue weighted by molar-refractivity contribution is 5.21. The van der Waals surface area contributed by atoms with Gasteiger partial charge >= 0.3 is 0 Å². The highest BCUT2D eigenvalue weighted by atomic mass is 19.1. The van der Waals surface area contributed by atoms with Gasteiger partial charge < -0.3 is 10.1 Å². The molecule has 3 nitrogen and oxygen atoms in total. The zero-order valence-electron chi connectivity index (χ0n) is 12.8. The monoisotopic (exact) mass is 280 g/mol. The molecular weight excluding hydrogens is 255 g/mol. The number of nitrogens with one attached hydrogen (secondary N) is 1. The molecular formula is C16H25FN2O. The second-order valence-electron chi connectivity index (χ2n) is 6.25. The molecule has 0 aromatic heterocycles. The maximum absolute atomic E-state index is 13.9. The number of nitrogens with zero attached hydrogens (tertiary/aromatic N) is 1. The Morgan fingerprint density at radius 2 is 2.15 bits per heavy atom. The third-order valence-electron chi connectivity index (χ3n) is 3.71. The number of hydrogen-bond acceptors (Lipinski definition) is 3. The van der Waals surface area contributed by atoms with E-state index in [2.05, 4.69) is 31.0 Å². The Kier molecular flexibility index (Phi) is 4.78. The maximum atomic E-state index is 13.9. The van der Waals surface area contributed by atoms with Gasteiger partial charge in [-0.1, -0.05) is 18.2 Å². The molecule has 112 valence electrons. The van der Waals surface area contributed by atoms with Gasteiger partial charge in [0.2, 0.25) is 0 Å². The second-order valence-corrected chi connectivity index (χ2v) is 6.25. The van der Waals surface area contributed by atoms with Crippen molar-refractivity contribution in [3.05, 3.63) is 35.6 Å². The van der Waals surface area contributed by atoms with Crippen molar-refractivity contribution in [2.45, 2.75) is 38.5 Å². The molecule has 2 unspecified atom stereocenters. The van der Waals surface area contributed by atoms with Gasteiger partial charge in [0.05, 0.1) is 11.7 Å². The van der Waals surface area contributed by atoms with Gasteiger partial charge in [-0.05, 0) is 33.9 Å². The molecule has 1 N–H and O–H groups in total. The number of hydrogen-bond donors (Lipinski definition) is 1. The van der Waals surface area contributed by atoms with E-state index >= 15 is 0 Å². The molecule has 4 heteroatoms. The van der Waals surface area contributed by atoms with E-state index in [1.807, 2.05) is 19.2 Å². The molecule has 1 saturated heterocycles. The lowest BCUT2D eigenvalue weighted by Crippen LogP contribution is -2.53. The molecule has 0 bridgehead atoms. The summed E-state index contributed by atoms with van der Waals surface area (Å²) in [7, 11) is 1.88. The molecule has 0 saturated carbocycles. The van der Waals surface area contributed by atoms with Gasteiger partial charge in [0.1, 0.15) is 5.82 Å². The van der Waals surface area contributed by atoms with Crippen LogP contribution in [-0.2, 0) is 4.74 Å². The lowest BCUT2D eigenvalue weighted by atomic mass is 10.0. The van der Waals surface area contributed by atoms with Crippen LogP contribution in [0.3, 0.4) is 0 Å². The number of benzene rings is 1. The summed E-state index contributed by atoms with van der Waals surface area (Å²) in [6.45, 7) is 8.83. The van der Waals surface area contributed by atoms with Crippen molar-refractivity contribution in [3.63, 3.8) is 0 Å². The van der Waals surface area contributed by atoms with E-state index in [-0.39, 0.29) is 23.6 Å². The SMILES string of the molecule is CNC(CN1CC(C)OC(C)(C)C1)c1ccccc1F. The van der Waals surface area contributed by atoms with E-state index in [9.17, 15) is 4.39 Å². The van der Waals surface area contributed by atoms with Gasteiger partial charge in [-0.15, -0.1) is 0 Å². The predicted molar refractivity (Wildman–Crippen MR) is 79.3 cm³/mol. The Bertz CT molecular complexity index is 450. The number of likely N-dealkylation sites (N-methyl/N-ethyl adjacent to an activating group) is 1. The predicted octanol–water partition coefficient (Wildman–Crippen LogP) is 2.59. The van der Waals surface area contributed by atoms with Crippen LogP contribution in [0.25, 0.3) is 0 Å². The van der Waals surface area contributed by atoms with E-state index in [1.54, 1.807) is 6.07 Å². The van der Waals surface area contributed by atoms with Gasteiger partial charge in [-0.25, -0.2) is 4.39 Å². The minimum Gasteiger partial charge on any atom is -0.370 e. The fourth-order valence-corrected chi connectivity index (χ4v) is 3.09. The van der Waals surface area contributed by atoms with Crippen LogP contribution >= 0.6 is 0 Å².